The number of phenolic OH excluding ortho intramolecular Hbond substituents is 1. The summed E-state index contributed by atoms with van der Waals surface area (Å²) in [6, 6.07) is 21.4. The van der Waals surface area contributed by atoms with E-state index in [2.05, 4.69) is 5.32 Å². The molecule has 3 aromatic rings. The fourth-order valence-corrected chi connectivity index (χ4v) is 2.92. The molecule has 3 heteroatoms. The molecule has 0 saturated carbocycles. The van der Waals surface area contributed by atoms with E-state index in [0.717, 1.165) is 40.9 Å². The van der Waals surface area contributed by atoms with E-state index in [1.165, 1.54) is 5.56 Å². The van der Waals surface area contributed by atoms with Gasteiger partial charge < -0.3 is 10.4 Å². The minimum atomic E-state index is -0.396. The lowest BCUT2D eigenvalue weighted by molar-refractivity contribution is 0.475. The summed E-state index contributed by atoms with van der Waals surface area (Å²) in [5.41, 5.74) is 6.38. The monoisotopic (exact) mass is 335 g/mol. The van der Waals surface area contributed by atoms with E-state index in [4.69, 9.17) is 5.11 Å². The molecular weight excluding hydrogens is 313 g/mol. The van der Waals surface area contributed by atoms with Crippen molar-refractivity contribution in [2.45, 2.75) is 20.0 Å². The number of aryl methyl sites for hydroxylation is 1. The minimum absolute atomic E-state index is 0.363. The molecule has 4 rings (SSSR count). The predicted molar refractivity (Wildman–Crippen MR) is 102 cm³/mol. The van der Waals surface area contributed by atoms with Crippen molar-refractivity contribution in [3.63, 3.8) is 0 Å². The minimum Gasteiger partial charge on any atom is -0.508 e. The molecule has 0 bridgehead atoms. The molecule has 0 spiro atoms. The number of hydrogen-bond donors (Lipinski definition) is 2. The lowest BCUT2D eigenvalue weighted by Gasteiger charge is -2.05. The van der Waals surface area contributed by atoms with Gasteiger partial charge in [-0.1, -0.05) is 42.5 Å². The molecule has 1 heterocycles. The number of fused-ring (bicyclic) bond motifs is 1. The number of halogens is 1. The van der Waals surface area contributed by atoms with Crippen LogP contribution in [0.4, 0.5) is 10.1 Å². The van der Waals surface area contributed by atoms with E-state index in [1.807, 2.05) is 67.6 Å². The van der Waals surface area contributed by atoms with Crippen molar-refractivity contribution in [3.05, 3.63) is 83.4 Å². The zero-order valence-corrected chi connectivity index (χ0v) is 14.3. The summed E-state index contributed by atoms with van der Waals surface area (Å²) >= 11 is 0. The molecule has 0 atom stereocenters. The van der Waals surface area contributed by atoms with Gasteiger partial charge >= 0.3 is 0 Å². The maximum atomic E-state index is 12.7. The topological polar surface area (TPSA) is 32.3 Å². The summed E-state index contributed by atoms with van der Waals surface area (Å²) in [6.45, 7) is 2.54. The quantitative estimate of drug-likeness (QED) is 0.607. The maximum Gasteiger partial charge on any atom is 0.116 e. The second kappa shape index (κ2) is 7.84. The van der Waals surface area contributed by atoms with Crippen LogP contribution in [0.1, 0.15) is 16.7 Å². The Balaban J connectivity index is 0.000000157. The average Bonchev–Trinajstić information content (AvgIpc) is 3.11. The van der Waals surface area contributed by atoms with Gasteiger partial charge in [0.1, 0.15) is 12.4 Å². The van der Waals surface area contributed by atoms with Crippen molar-refractivity contribution in [2.75, 3.05) is 11.9 Å². The van der Waals surface area contributed by atoms with Crippen molar-refractivity contribution < 1.29 is 9.50 Å². The molecule has 128 valence electrons. The van der Waals surface area contributed by atoms with Gasteiger partial charge in [0.15, 0.2) is 0 Å². The number of hydrogen-bond acceptors (Lipinski definition) is 2. The first-order valence-corrected chi connectivity index (χ1v) is 8.44. The number of nitrogens with one attached hydrogen (secondary N) is 1. The third-order valence-electron chi connectivity index (χ3n) is 4.40. The van der Waals surface area contributed by atoms with Crippen molar-refractivity contribution in [2.24, 2.45) is 0 Å². The van der Waals surface area contributed by atoms with E-state index >= 15 is 0 Å². The van der Waals surface area contributed by atoms with Crippen LogP contribution in [0, 0.1) is 6.92 Å². The van der Waals surface area contributed by atoms with Gasteiger partial charge in [0.05, 0.1) is 0 Å². The lowest BCUT2D eigenvalue weighted by atomic mass is 10.0. The first kappa shape index (κ1) is 17.0. The van der Waals surface area contributed by atoms with Gasteiger partial charge in [0, 0.05) is 12.2 Å². The summed E-state index contributed by atoms with van der Waals surface area (Å²) in [7, 11) is 0. The van der Waals surface area contributed by atoms with E-state index in [9.17, 15) is 4.39 Å². The number of anilines is 1. The van der Waals surface area contributed by atoms with Crippen LogP contribution in [-0.2, 0) is 13.1 Å². The Morgan fingerprint density at radius 3 is 2.52 bits per heavy atom. The molecule has 2 N–H and O–H groups in total. The third-order valence-corrected chi connectivity index (χ3v) is 4.40. The fourth-order valence-electron chi connectivity index (χ4n) is 2.92. The van der Waals surface area contributed by atoms with Gasteiger partial charge in [-0.15, -0.1) is 0 Å². The van der Waals surface area contributed by atoms with Crippen LogP contribution < -0.4 is 5.32 Å². The van der Waals surface area contributed by atoms with E-state index in [1.54, 1.807) is 6.07 Å². The van der Waals surface area contributed by atoms with E-state index < -0.39 is 6.67 Å². The highest BCUT2D eigenvalue weighted by atomic mass is 19.1. The lowest BCUT2D eigenvalue weighted by Crippen LogP contribution is -1.90. The van der Waals surface area contributed by atoms with Gasteiger partial charge in [-0.25, -0.2) is 4.39 Å². The molecule has 0 aliphatic carbocycles. The Bertz CT molecular complexity index is 846. The fraction of sp³-hybridized carbons (Fsp3) is 0.182. The summed E-state index contributed by atoms with van der Waals surface area (Å²) in [5.74, 6) is 0.363. The zero-order valence-electron chi connectivity index (χ0n) is 14.3. The van der Waals surface area contributed by atoms with Gasteiger partial charge in [0.2, 0.25) is 0 Å². The maximum absolute atomic E-state index is 12.7. The number of benzene rings is 3. The van der Waals surface area contributed by atoms with Crippen LogP contribution in [0.5, 0.6) is 5.75 Å². The predicted octanol–water partition coefficient (Wildman–Crippen LogP) is 5.49. The average molecular weight is 335 g/mol. The largest absolute Gasteiger partial charge is 0.508 e. The van der Waals surface area contributed by atoms with Crippen molar-refractivity contribution in [1.29, 1.82) is 0 Å². The molecule has 3 aromatic carbocycles. The number of aromatic hydroxyl groups is 1. The van der Waals surface area contributed by atoms with Crippen LogP contribution in [0.3, 0.4) is 0 Å². The zero-order chi connectivity index (χ0) is 17.6. The Morgan fingerprint density at radius 2 is 1.76 bits per heavy atom. The molecule has 0 unspecified atom stereocenters. The van der Waals surface area contributed by atoms with Crippen LogP contribution >= 0.6 is 0 Å². The van der Waals surface area contributed by atoms with Gasteiger partial charge in [-0.3, -0.25) is 0 Å². The van der Waals surface area contributed by atoms with Crippen LogP contribution in [0.2, 0.25) is 0 Å². The Hall–Kier alpha value is -2.81. The SMILES string of the molecule is Cc1ccc(-c2ccccc2)cc1CF.Oc1ccc2c(c1)CCN2. The summed E-state index contributed by atoms with van der Waals surface area (Å²) in [5, 5.41) is 12.3. The molecule has 2 nitrogen and oxygen atoms in total. The second-order valence-corrected chi connectivity index (χ2v) is 6.16. The molecule has 0 radical (unpaired) electrons. The van der Waals surface area contributed by atoms with Crippen molar-refractivity contribution in [1.82, 2.24) is 0 Å². The van der Waals surface area contributed by atoms with Crippen molar-refractivity contribution in [3.8, 4) is 16.9 Å². The van der Waals surface area contributed by atoms with Gasteiger partial charge in [0.25, 0.3) is 0 Å². The van der Waals surface area contributed by atoms with E-state index in [0.29, 0.717) is 5.75 Å². The van der Waals surface area contributed by atoms with Gasteiger partial charge in [-0.05, 0) is 65.4 Å². The van der Waals surface area contributed by atoms with Gasteiger partial charge in [-0.2, -0.15) is 0 Å². The molecule has 0 aromatic heterocycles. The highest BCUT2D eigenvalue weighted by molar-refractivity contribution is 5.64. The smallest absolute Gasteiger partial charge is 0.116 e. The normalized spacial score (nSPS) is 11.9. The molecule has 0 fully saturated rings. The summed E-state index contributed by atoms with van der Waals surface area (Å²) in [6.07, 6.45) is 1.03. The summed E-state index contributed by atoms with van der Waals surface area (Å²) < 4.78 is 12.7. The van der Waals surface area contributed by atoms with Crippen LogP contribution in [0.25, 0.3) is 11.1 Å². The Kier molecular flexibility index (Phi) is 5.34. The van der Waals surface area contributed by atoms with E-state index in [-0.39, 0.29) is 0 Å². The Morgan fingerprint density at radius 1 is 0.960 bits per heavy atom. The standard InChI is InChI=1S/C14H13F.C8H9NO/c1-11-7-8-13(9-14(11)10-15)12-5-3-2-4-6-12;10-7-1-2-8-6(5-7)3-4-9-8/h2-9H,10H2,1H3;1-2,5,9-10H,3-4H2. The second-order valence-electron chi connectivity index (χ2n) is 6.16. The first-order valence-electron chi connectivity index (χ1n) is 8.44. The number of alkyl halides is 1. The van der Waals surface area contributed by atoms with Crippen LogP contribution in [0.15, 0.2) is 66.7 Å². The molecule has 25 heavy (non-hydrogen) atoms. The Labute approximate surface area is 148 Å². The van der Waals surface area contributed by atoms with Crippen molar-refractivity contribution >= 4 is 5.69 Å². The molecule has 0 saturated heterocycles. The highest BCUT2D eigenvalue weighted by Gasteiger charge is 2.08. The van der Waals surface area contributed by atoms with Crippen LogP contribution in [-0.4, -0.2) is 11.7 Å². The number of rotatable bonds is 2. The first-order chi connectivity index (χ1) is 12.2. The molecule has 0 amide bonds. The number of phenols is 1. The summed E-state index contributed by atoms with van der Waals surface area (Å²) in [4.78, 5) is 0. The molecule has 1 aliphatic heterocycles. The molecule has 1 aliphatic rings. The third kappa shape index (κ3) is 4.18. The molecular formula is C22H22FNO. The highest BCUT2D eigenvalue weighted by Crippen LogP contribution is 2.25.